The van der Waals surface area contributed by atoms with Crippen molar-refractivity contribution in [1.82, 2.24) is 20.3 Å². The van der Waals surface area contributed by atoms with Crippen molar-refractivity contribution in [2.24, 2.45) is 5.92 Å². The maximum atomic E-state index is 12.3. The molecule has 0 unspecified atom stereocenters. The molecule has 0 bridgehead atoms. The van der Waals surface area contributed by atoms with E-state index in [4.69, 9.17) is 4.52 Å². The summed E-state index contributed by atoms with van der Waals surface area (Å²) in [6.07, 6.45) is 4.74. The number of hydrogen-bond donors (Lipinski definition) is 1. The second-order valence-electron chi connectivity index (χ2n) is 5.63. The van der Waals surface area contributed by atoms with Crippen molar-refractivity contribution < 1.29 is 9.32 Å². The minimum atomic E-state index is -0.180. The predicted octanol–water partition coefficient (Wildman–Crippen LogP) is 1.95. The number of amides is 1. The summed E-state index contributed by atoms with van der Waals surface area (Å²) in [4.78, 5) is 12.3. The number of rotatable bonds is 4. The van der Waals surface area contributed by atoms with Gasteiger partial charge in [0.2, 0.25) is 0 Å². The van der Waals surface area contributed by atoms with Gasteiger partial charge >= 0.3 is 0 Å². The minimum absolute atomic E-state index is 0.180. The quantitative estimate of drug-likeness (QED) is 0.933. The Morgan fingerprint density at radius 2 is 2.43 bits per heavy atom. The molecule has 0 fully saturated rings. The van der Waals surface area contributed by atoms with Gasteiger partial charge in [-0.3, -0.25) is 9.48 Å². The number of aryl methyl sites for hydroxylation is 2. The Kier molecular flexibility index (Phi) is 3.77. The van der Waals surface area contributed by atoms with Crippen LogP contribution >= 0.6 is 0 Å². The van der Waals surface area contributed by atoms with E-state index in [0.29, 0.717) is 18.2 Å². The van der Waals surface area contributed by atoms with Crippen molar-refractivity contribution in [3.05, 3.63) is 35.0 Å². The number of aromatic nitrogens is 3. The third-order valence-corrected chi connectivity index (χ3v) is 3.95. The molecule has 0 aliphatic heterocycles. The molecule has 21 heavy (non-hydrogen) atoms. The van der Waals surface area contributed by atoms with Gasteiger partial charge in [0.1, 0.15) is 5.76 Å². The average molecular weight is 288 g/mol. The Balaban J connectivity index is 1.67. The van der Waals surface area contributed by atoms with Crippen LogP contribution in [0.25, 0.3) is 0 Å². The van der Waals surface area contributed by atoms with Crippen LogP contribution in [0.15, 0.2) is 16.8 Å². The van der Waals surface area contributed by atoms with E-state index in [-0.39, 0.29) is 5.91 Å². The molecule has 2 heterocycles. The second kappa shape index (κ2) is 5.71. The van der Waals surface area contributed by atoms with Crippen LogP contribution in [-0.2, 0) is 25.9 Å². The van der Waals surface area contributed by atoms with E-state index in [1.807, 2.05) is 23.9 Å². The fourth-order valence-electron chi connectivity index (χ4n) is 2.69. The molecule has 112 valence electrons. The molecule has 2 aromatic heterocycles. The van der Waals surface area contributed by atoms with Crippen LogP contribution in [0, 0.1) is 5.92 Å². The van der Waals surface area contributed by atoms with Crippen molar-refractivity contribution in [3.8, 4) is 0 Å². The fourth-order valence-corrected chi connectivity index (χ4v) is 2.69. The molecule has 1 atom stereocenters. The second-order valence-corrected chi connectivity index (χ2v) is 5.63. The van der Waals surface area contributed by atoms with Gasteiger partial charge in [-0.15, -0.1) is 0 Å². The summed E-state index contributed by atoms with van der Waals surface area (Å²) < 4.78 is 7.13. The van der Waals surface area contributed by atoms with Gasteiger partial charge in [-0.1, -0.05) is 12.1 Å². The van der Waals surface area contributed by atoms with E-state index in [0.717, 1.165) is 42.8 Å². The molecule has 6 heteroatoms. The Morgan fingerprint density at radius 3 is 3.19 bits per heavy atom. The number of hydrogen-bond acceptors (Lipinski definition) is 4. The van der Waals surface area contributed by atoms with Crippen molar-refractivity contribution in [2.75, 3.05) is 0 Å². The van der Waals surface area contributed by atoms with Gasteiger partial charge in [0.15, 0.2) is 5.69 Å². The van der Waals surface area contributed by atoms with Crippen molar-refractivity contribution in [3.63, 3.8) is 0 Å². The van der Waals surface area contributed by atoms with Gasteiger partial charge in [-0.2, -0.15) is 5.10 Å². The molecule has 0 radical (unpaired) electrons. The van der Waals surface area contributed by atoms with E-state index >= 15 is 0 Å². The number of nitrogens with zero attached hydrogens (tertiary/aromatic N) is 3. The first-order valence-electron chi connectivity index (χ1n) is 7.45. The lowest BCUT2D eigenvalue weighted by Crippen LogP contribution is -2.25. The summed E-state index contributed by atoms with van der Waals surface area (Å²) in [6, 6.07) is 1.91. The van der Waals surface area contributed by atoms with Gasteiger partial charge in [0, 0.05) is 24.7 Å². The lowest BCUT2D eigenvalue weighted by molar-refractivity contribution is 0.0940. The molecular formula is C15H20N4O2. The molecule has 1 aliphatic carbocycles. The predicted molar refractivity (Wildman–Crippen MR) is 76.8 cm³/mol. The van der Waals surface area contributed by atoms with Crippen LogP contribution in [0.1, 0.15) is 47.8 Å². The molecule has 1 amide bonds. The molecule has 1 N–H and O–H groups in total. The molecule has 6 nitrogen and oxygen atoms in total. The molecule has 0 aromatic carbocycles. The monoisotopic (exact) mass is 288 g/mol. The Hall–Kier alpha value is -2.11. The lowest BCUT2D eigenvalue weighted by Gasteiger charge is -2.16. The first kappa shape index (κ1) is 13.9. The van der Waals surface area contributed by atoms with Crippen LogP contribution < -0.4 is 5.32 Å². The Bertz CT molecular complexity index is 644. The highest BCUT2D eigenvalue weighted by Gasteiger charge is 2.26. The molecule has 0 saturated heterocycles. The maximum Gasteiger partial charge on any atom is 0.274 e. The third kappa shape index (κ3) is 2.84. The zero-order valence-electron chi connectivity index (χ0n) is 12.4. The normalized spacial score (nSPS) is 17.5. The highest BCUT2D eigenvalue weighted by Crippen LogP contribution is 2.27. The summed E-state index contributed by atoms with van der Waals surface area (Å²) in [5.74, 6) is 1.26. The summed E-state index contributed by atoms with van der Waals surface area (Å²) in [5.41, 5.74) is 2.26. The molecule has 0 saturated carbocycles. The molecular weight excluding hydrogens is 268 g/mol. The van der Waals surface area contributed by atoms with E-state index in [2.05, 4.69) is 22.5 Å². The van der Waals surface area contributed by atoms with Crippen molar-refractivity contribution in [2.45, 2.75) is 46.2 Å². The molecule has 3 rings (SSSR count). The third-order valence-electron chi connectivity index (χ3n) is 3.95. The Labute approximate surface area is 123 Å². The highest BCUT2D eigenvalue weighted by atomic mass is 16.5. The molecule has 2 aromatic rings. The van der Waals surface area contributed by atoms with Crippen molar-refractivity contribution >= 4 is 5.91 Å². The fraction of sp³-hybridized carbons (Fsp3) is 0.533. The van der Waals surface area contributed by atoms with Crippen LogP contribution in [0.4, 0.5) is 0 Å². The maximum absolute atomic E-state index is 12.3. The van der Waals surface area contributed by atoms with Crippen LogP contribution in [0.5, 0.6) is 0 Å². The van der Waals surface area contributed by atoms with Gasteiger partial charge in [-0.05, 0) is 31.7 Å². The van der Waals surface area contributed by atoms with Gasteiger partial charge in [-0.25, -0.2) is 0 Å². The van der Waals surface area contributed by atoms with Gasteiger partial charge in [0.25, 0.3) is 5.91 Å². The summed E-state index contributed by atoms with van der Waals surface area (Å²) in [6.45, 7) is 5.44. The smallest absolute Gasteiger partial charge is 0.274 e. The molecule has 0 spiro atoms. The largest absolute Gasteiger partial charge is 0.360 e. The zero-order valence-corrected chi connectivity index (χ0v) is 12.4. The van der Waals surface area contributed by atoms with Crippen LogP contribution in [0.2, 0.25) is 0 Å². The van der Waals surface area contributed by atoms with E-state index in [9.17, 15) is 4.79 Å². The topological polar surface area (TPSA) is 73.0 Å². The minimum Gasteiger partial charge on any atom is -0.360 e. The first-order chi connectivity index (χ1) is 10.2. The first-order valence-corrected chi connectivity index (χ1v) is 7.45. The summed E-state index contributed by atoms with van der Waals surface area (Å²) in [5, 5.41) is 11.2. The van der Waals surface area contributed by atoms with Crippen LogP contribution in [-0.4, -0.2) is 20.8 Å². The van der Waals surface area contributed by atoms with Crippen LogP contribution in [0.3, 0.4) is 0 Å². The number of nitrogens with one attached hydrogen (secondary N) is 1. The summed E-state index contributed by atoms with van der Waals surface area (Å²) in [7, 11) is 0. The van der Waals surface area contributed by atoms with Gasteiger partial charge in [0.05, 0.1) is 12.2 Å². The Morgan fingerprint density at radius 1 is 1.57 bits per heavy atom. The standard InChI is InChI=1S/C15H20N4O2/c1-3-19-7-6-11(17-19)9-16-15(20)14-12-8-10(2)4-5-13(12)21-18-14/h6-7,10H,3-5,8-9H2,1-2H3,(H,16,20)/t10-/m1/s1. The summed E-state index contributed by atoms with van der Waals surface area (Å²) >= 11 is 0. The molecule has 1 aliphatic rings. The van der Waals surface area contributed by atoms with E-state index in [1.165, 1.54) is 0 Å². The zero-order chi connectivity index (χ0) is 14.8. The number of carbonyl (C=O) groups excluding carboxylic acids is 1. The number of fused-ring (bicyclic) bond motifs is 1. The van der Waals surface area contributed by atoms with E-state index < -0.39 is 0 Å². The highest BCUT2D eigenvalue weighted by molar-refractivity contribution is 5.93. The van der Waals surface area contributed by atoms with Gasteiger partial charge < -0.3 is 9.84 Å². The van der Waals surface area contributed by atoms with Crippen molar-refractivity contribution in [1.29, 1.82) is 0 Å². The SMILES string of the molecule is CCn1ccc(CNC(=O)c2noc3c2C[C@H](C)CC3)n1. The number of carbonyl (C=O) groups is 1. The average Bonchev–Trinajstić information content (AvgIpc) is 3.10. The lowest BCUT2D eigenvalue weighted by atomic mass is 9.88. The van der Waals surface area contributed by atoms with E-state index in [1.54, 1.807) is 0 Å².